The van der Waals surface area contributed by atoms with Gasteiger partial charge in [-0.1, -0.05) is 11.6 Å². The first-order valence-corrected chi connectivity index (χ1v) is 6.62. The molecule has 1 aliphatic rings. The predicted octanol–water partition coefficient (Wildman–Crippen LogP) is 2.77. The predicted molar refractivity (Wildman–Crippen MR) is 73.2 cm³/mol. The van der Waals surface area contributed by atoms with Crippen LogP contribution in [0.15, 0.2) is 23.3 Å². The third-order valence-electron chi connectivity index (χ3n) is 3.22. The maximum absolute atomic E-state index is 13.1. The number of alkyl halides is 4. The summed E-state index contributed by atoms with van der Waals surface area (Å²) in [4.78, 5) is 12.4. The second-order valence-corrected chi connectivity index (χ2v) is 5.15. The molecule has 0 fully saturated rings. The summed E-state index contributed by atoms with van der Waals surface area (Å²) in [6.07, 6.45) is -7.84. The van der Waals surface area contributed by atoms with E-state index in [1.807, 2.05) is 0 Å². The van der Waals surface area contributed by atoms with Gasteiger partial charge in [0, 0.05) is 11.4 Å². The van der Waals surface area contributed by atoms with E-state index in [0.717, 1.165) is 6.07 Å². The minimum atomic E-state index is -3.50. The van der Waals surface area contributed by atoms with Crippen molar-refractivity contribution < 1.29 is 32.2 Å². The van der Waals surface area contributed by atoms with E-state index in [0.29, 0.717) is 0 Å². The quantitative estimate of drug-likeness (QED) is 0.846. The van der Waals surface area contributed by atoms with Gasteiger partial charge in [0.05, 0.1) is 12.7 Å². The molecule has 5 nitrogen and oxygen atoms in total. The van der Waals surface area contributed by atoms with Crippen LogP contribution >= 0.6 is 11.6 Å². The van der Waals surface area contributed by atoms with E-state index < -0.39 is 36.6 Å². The minimum absolute atomic E-state index is 0.0308. The molecule has 0 bridgehead atoms. The molecule has 1 aromatic rings. The number of aliphatic hydroxyl groups is 1. The van der Waals surface area contributed by atoms with Gasteiger partial charge in [-0.15, -0.1) is 0 Å². The van der Waals surface area contributed by atoms with Crippen LogP contribution in [0.4, 0.5) is 17.6 Å². The van der Waals surface area contributed by atoms with E-state index >= 15 is 0 Å². The highest BCUT2D eigenvalue weighted by molar-refractivity contribution is 6.31. The molecular formula is C13H11ClF4N2O3. The van der Waals surface area contributed by atoms with Crippen LogP contribution in [0.25, 0.3) is 0 Å². The molecule has 0 spiro atoms. The zero-order valence-electron chi connectivity index (χ0n) is 11.6. The molecule has 0 saturated heterocycles. The Morgan fingerprint density at radius 2 is 2.09 bits per heavy atom. The molecule has 1 amide bonds. The average Bonchev–Trinajstić information content (AvgIpc) is 2.86. The lowest BCUT2D eigenvalue weighted by atomic mass is 10.1. The standard InChI is InChI=1S/C13H11ClF4N2O3/c1-23-9-3-2-6(14)4-7(9)11(21)20-13(22,12(17)18)5-8(19-20)10(15)16/h2-4,10,12,22H,5H2,1H3. The first kappa shape index (κ1) is 17.5. The van der Waals surface area contributed by atoms with Crippen molar-refractivity contribution in [3.8, 4) is 5.75 Å². The SMILES string of the molecule is COc1ccc(Cl)cc1C(=O)N1N=C(C(F)F)CC1(O)C(F)F. The number of rotatable bonds is 4. The molecule has 0 radical (unpaired) electrons. The molecule has 1 aromatic carbocycles. The first-order valence-electron chi connectivity index (χ1n) is 6.25. The van der Waals surface area contributed by atoms with Crippen molar-refractivity contribution in [2.24, 2.45) is 5.10 Å². The van der Waals surface area contributed by atoms with E-state index in [9.17, 15) is 27.5 Å². The number of benzene rings is 1. The highest BCUT2D eigenvalue weighted by atomic mass is 35.5. The molecule has 0 saturated carbocycles. The molecule has 10 heteroatoms. The summed E-state index contributed by atoms with van der Waals surface area (Å²) in [6.45, 7) is 0. The van der Waals surface area contributed by atoms with Crippen LogP contribution in [0.5, 0.6) is 5.75 Å². The van der Waals surface area contributed by atoms with Gasteiger partial charge in [0.25, 0.3) is 18.8 Å². The molecule has 0 aromatic heterocycles. The number of ether oxygens (including phenoxy) is 1. The van der Waals surface area contributed by atoms with Crippen molar-refractivity contribution in [3.63, 3.8) is 0 Å². The fraction of sp³-hybridized carbons (Fsp3) is 0.385. The molecule has 2 rings (SSSR count). The summed E-state index contributed by atoms with van der Waals surface area (Å²) >= 11 is 5.74. The zero-order valence-corrected chi connectivity index (χ0v) is 12.4. The lowest BCUT2D eigenvalue weighted by Crippen LogP contribution is -2.51. The number of hydrazone groups is 1. The van der Waals surface area contributed by atoms with Gasteiger partial charge >= 0.3 is 0 Å². The number of amides is 1. The van der Waals surface area contributed by atoms with Crippen molar-refractivity contribution in [1.29, 1.82) is 0 Å². The van der Waals surface area contributed by atoms with Gasteiger partial charge in [0.15, 0.2) is 0 Å². The maximum atomic E-state index is 13.1. The van der Waals surface area contributed by atoms with Crippen molar-refractivity contribution >= 4 is 23.2 Å². The Hall–Kier alpha value is -1.87. The van der Waals surface area contributed by atoms with Gasteiger partial charge in [-0.3, -0.25) is 4.79 Å². The Bertz CT molecular complexity index is 656. The monoisotopic (exact) mass is 354 g/mol. The number of hydrogen-bond donors (Lipinski definition) is 1. The normalized spacial score (nSPS) is 21.1. The molecule has 23 heavy (non-hydrogen) atoms. The topological polar surface area (TPSA) is 62.1 Å². The summed E-state index contributed by atoms with van der Waals surface area (Å²) in [5.41, 5.74) is -4.46. The van der Waals surface area contributed by atoms with Gasteiger partial charge in [0.2, 0.25) is 5.72 Å². The van der Waals surface area contributed by atoms with E-state index in [4.69, 9.17) is 16.3 Å². The lowest BCUT2D eigenvalue weighted by Gasteiger charge is -2.30. The largest absolute Gasteiger partial charge is 0.496 e. The van der Waals surface area contributed by atoms with Gasteiger partial charge in [-0.25, -0.2) is 17.6 Å². The van der Waals surface area contributed by atoms with Crippen molar-refractivity contribution in [1.82, 2.24) is 5.01 Å². The minimum Gasteiger partial charge on any atom is -0.496 e. The fourth-order valence-electron chi connectivity index (χ4n) is 2.06. The molecule has 1 atom stereocenters. The van der Waals surface area contributed by atoms with Crippen LogP contribution < -0.4 is 4.74 Å². The number of carbonyl (C=O) groups is 1. The highest BCUT2D eigenvalue weighted by Crippen LogP contribution is 2.36. The summed E-state index contributed by atoms with van der Waals surface area (Å²) in [7, 11) is 1.22. The number of methoxy groups -OCH3 is 1. The Balaban J connectivity index is 2.49. The summed E-state index contributed by atoms with van der Waals surface area (Å²) < 4.78 is 56.6. The smallest absolute Gasteiger partial charge is 0.287 e. The first-order chi connectivity index (χ1) is 10.7. The highest BCUT2D eigenvalue weighted by Gasteiger charge is 2.53. The van der Waals surface area contributed by atoms with Crippen molar-refractivity contribution in [2.45, 2.75) is 25.0 Å². The molecule has 1 heterocycles. The van der Waals surface area contributed by atoms with Crippen LogP contribution in [-0.4, -0.2) is 47.4 Å². The van der Waals surface area contributed by atoms with Gasteiger partial charge in [-0.05, 0) is 18.2 Å². The van der Waals surface area contributed by atoms with E-state index in [1.54, 1.807) is 0 Å². The average molecular weight is 355 g/mol. The van der Waals surface area contributed by atoms with Crippen LogP contribution in [0.3, 0.4) is 0 Å². The summed E-state index contributed by atoms with van der Waals surface area (Å²) in [5, 5.41) is 13.2. The third kappa shape index (κ3) is 3.11. The number of halogens is 5. The molecule has 1 aliphatic heterocycles. The number of hydrogen-bond acceptors (Lipinski definition) is 4. The lowest BCUT2D eigenvalue weighted by molar-refractivity contribution is -0.164. The maximum Gasteiger partial charge on any atom is 0.287 e. The van der Waals surface area contributed by atoms with Gasteiger partial charge < -0.3 is 9.84 Å². The van der Waals surface area contributed by atoms with Gasteiger partial charge in [0.1, 0.15) is 11.5 Å². The van der Waals surface area contributed by atoms with Crippen LogP contribution in [0.2, 0.25) is 5.02 Å². The van der Waals surface area contributed by atoms with Crippen LogP contribution in [0, 0.1) is 0 Å². The summed E-state index contributed by atoms with van der Waals surface area (Å²) in [5.74, 6) is -1.26. The van der Waals surface area contributed by atoms with E-state index in [2.05, 4.69) is 5.10 Å². The molecule has 1 unspecified atom stereocenters. The molecule has 0 aliphatic carbocycles. The zero-order chi connectivity index (χ0) is 17.4. The second-order valence-electron chi connectivity index (χ2n) is 4.71. The summed E-state index contributed by atoms with van der Waals surface area (Å²) in [6, 6.07) is 3.78. The third-order valence-corrected chi connectivity index (χ3v) is 3.46. The van der Waals surface area contributed by atoms with Crippen molar-refractivity contribution in [3.05, 3.63) is 28.8 Å². The van der Waals surface area contributed by atoms with E-state index in [-0.39, 0.29) is 21.3 Å². The Morgan fingerprint density at radius 3 is 2.61 bits per heavy atom. The fourth-order valence-corrected chi connectivity index (χ4v) is 2.24. The van der Waals surface area contributed by atoms with Gasteiger partial charge in [-0.2, -0.15) is 10.1 Å². The Labute approximate surface area is 133 Å². The van der Waals surface area contributed by atoms with Crippen LogP contribution in [-0.2, 0) is 0 Å². The molecular weight excluding hydrogens is 344 g/mol. The Kier molecular flexibility index (Phi) is 4.81. The number of carbonyl (C=O) groups excluding carboxylic acids is 1. The molecule has 126 valence electrons. The Morgan fingerprint density at radius 1 is 1.43 bits per heavy atom. The second kappa shape index (κ2) is 6.32. The van der Waals surface area contributed by atoms with Crippen molar-refractivity contribution in [2.75, 3.05) is 7.11 Å². The number of nitrogens with zero attached hydrogens (tertiary/aromatic N) is 2. The van der Waals surface area contributed by atoms with E-state index in [1.165, 1.54) is 19.2 Å². The molecule has 1 N–H and O–H groups in total. The van der Waals surface area contributed by atoms with Crippen LogP contribution in [0.1, 0.15) is 16.8 Å².